The SMILES string of the molecule is CCC(Nc1ccc2c(c1)CCN2C(=O)OC(C)(C)C)C(=O)O. The molecule has 1 heterocycles. The van der Waals surface area contributed by atoms with Crippen LogP contribution in [-0.2, 0) is 16.0 Å². The first-order chi connectivity index (χ1) is 10.7. The van der Waals surface area contributed by atoms with Gasteiger partial charge in [-0.05, 0) is 57.4 Å². The molecule has 1 unspecified atom stereocenters. The van der Waals surface area contributed by atoms with E-state index < -0.39 is 17.6 Å². The predicted molar refractivity (Wildman–Crippen MR) is 89.1 cm³/mol. The summed E-state index contributed by atoms with van der Waals surface area (Å²) in [6.07, 6.45) is 0.874. The van der Waals surface area contributed by atoms with Crippen molar-refractivity contribution in [3.05, 3.63) is 23.8 Å². The van der Waals surface area contributed by atoms with E-state index in [2.05, 4.69) is 5.32 Å². The highest BCUT2D eigenvalue weighted by Gasteiger charge is 2.29. The third kappa shape index (κ3) is 4.15. The Kier molecular flexibility index (Phi) is 4.82. The van der Waals surface area contributed by atoms with Crippen molar-refractivity contribution >= 4 is 23.4 Å². The highest BCUT2D eigenvalue weighted by Crippen LogP contribution is 2.32. The minimum Gasteiger partial charge on any atom is -0.480 e. The van der Waals surface area contributed by atoms with Gasteiger partial charge in [-0.3, -0.25) is 4.90 Å². The lowest BCUT2D eigenvalue weighted by molar-refractivity contribution is -0.137. The normalized spacial score (nSPS) is 15.0. The fraction of sp³-hybridized carbons (Fsp3) is 0.529. The number of carboxylic acids is 1. The molecule has 0 saturated carbocycles. The topological polar surface area (TPSA) is 78.9 Å². The smallest absolute Gasteiger partial charge is 0.414 e. The number of nitrogens with one attached hydrogen (secondary N) is 1. The minimum absolute atomic E-state index is 0.353. The molecule has 0 fully saturated rings. The summed E-state index contributed by atoms with van der Waals surface area (Å²) in [5.74, 6) is -0.872. The molecule has 6 heteroatoms. The number of carbonyl (C=O) groups is 2. The third-order valence-corrected chi connectivity index (χ3v) is 3.64. The van der Waals surface area contributed by atoms with Crippen molar-refractivity contribution in [2.45, 2.75) is 52.2 Å². The van der Waals surface area contributed by atoms with E-state index in [0.29, 0.717) is 13.0 Å². The van der Waals surface area contributed by atoms with Crippen LogP contribution in [0.4, 0.5) is 16.2 Å². The molecule has 1 aliphatic rings. The van der Waals surface area contributed by atoms with Gasteiger partial charge in [0.1, 0.15) is 11.6 Å². The predicted octanol–water partition coefficient (Wildman–Crippen LogP) is 3.26. The van der Waals surface area contributed by atoms with Crippen LogP contribution >= 0.6 is 0 Å². The Labute approximate surface area is 136 Å². The summed E-state index contributed by atoms with van der Waals surface area (Å²) < 4.78 is 5.42. The zero-order valence-corrected chi connectivity index (χ0v) is 14.0. The lowest BCUT2D eigenvalue weighted by Gasteiger charge is -2.25. The van der Waals surface area contributed by atoms with Crippen LogP contribution in [0.1, 0.15) is 39.7 Å². The average molecular weight is 320 g/mol. The standard InChI is InChI=1S/C17H24N2O4/c1-5-13(15(20)21)18-12-6-7-14-11(10-12)8-9-19(14)16(22)23-17(2,3)4/h6-7,10,13,18H,5,8-9H2,1-4H3,(H,20,21). The van der Waals surface area contributed by atoms with Crippen molar-refractivity contribution in [1.29, 1.82) is 0 Å². The zero-order valence-electron chi connectivity index (χ0n) is 14.0. The maximum Gasteiger partial charge on any atom is 0.414 e. The minimum atomic E-state index is -0.872. The van der Waals surface area contributed by atoms with Gasteiger partial charge in [0.25, 0.3) is 0 Å². The van der Waals surface area contributed by atoms with Gasteiger partial charge in [0.05, 0.1) is 5.69 Å². The summed E-state index contributed by atoms with van der Waals surface area (Å²) in [5, 5.41) is 12.1. The molecule has 0 bridgehead atoms. The molecule has 1 aromatic rings. The Balaban J connectivity index is 2.14. The Hall–Kier alpha value is -2.24. The molecule has 1 aromatic carbocycles. The fourth-order valence-electron chi connectivity index (χ4n) is 2.54. The summed E-state index contributed by atoms with van der Waals surface area (Å²) in [4.78, 5) is 25.0. The third-order valence-electron chi connectivity index (χ3n) is 3.64. The Morgan fingerprint density at radius 2 is 2.09 bits per heavy atom. The molecule has 0 aromatic heterocycles. The summed E-state index contributed by atoms with van der Waals surface area (Å²) in [6, 6.07) is 4.93. The van der Waals surface area contributed by atoms with Crippen molar-refractivity contribution in [3.8, 4) is 0 Å². The number of hydrogen-bond donors (Lipinski definition) is 2. The quantitative estimate of drug-likeness (QED) is 0.890. The average Bonchev–Trinajstić information content (AvgIpc) is 2.85. The number of rotatable bonds is 4. The molecule has 1 amide bonds. The van der Waals surface area contributed by atoms with Gasteiger partial charge in [-0.1, -0.05) is 6.92 Å². The van der Waals surface area contributed by atoms with E-state index in [1.54, 1.807) is 11.0 Å². The number of carboxylic acid groups (broad SMARTS) is 1. The summed E-state index contributed by atoms with van der Waals surface area (Å²) in [7, 11) is 0. The van der Waals surface area contributed by atoms with Gasteiger partial charge in [-0.15, -0.1) is 0 Å². The second kappa shape index (κ2) is 6.48. The van der Waals surface area contributed by atoms with Crippen LogP contribution in [0.15, 0.2) is 18.2 Å². The molecule has 0 radical (unpaired) electrons. The largest absolute Gasteiger partial charge is 0.480 e. The number of hydrogen-bond acceptors (Lipinski definition) is 4. The molecule has 2 N–H and O–H groups in total. The van der Waals surface area contributed by atoms with Gasteiger partial charge in [0.2, 0.25) is 0 Å². The first-order valence-electron chi connectivity index (χ1n) is 7.84. The van der Waals surface area contributed by atoms with E-state index in [-0.39, 0.29) is 6.09 Å². The molecule has 0 saturated heterocycles. The van der Waals surface area contributed by atoms with Gasteiger partial charge in [-0.2, -0.15) is 0 Å². The summed E-state index contributed by atoms with van der Waals surface area (Å²) >= 11 is 0. The van der Waals surface area contributed by atoms with E-state index in [0.717, 1.165) is 23.4 Å². The number of ether oxygens (including phenoxy) is 1. The molecule has 1 atom stereocenters. The number of benzene rings is 1. The Bertz CT molecular complexity index is 607. The first-order valence-corrected chi connectivity index (χ1v) is 7.84. The van der Waals surface area contributed by atoms with Crippen molar-refractivity contribution in [2.24, 2.45) is 0 Å². The molecule has 126 valence electrons. The van der Waals surface area contributed by atoms with E-state index in [4.69, 9.17) is 9.84 Å². The van der Waals surface area contributed by atoms with Gasteiger partial charge < -0.3 is 15.2 Å². The van der Waals surface area contributed by atoms with Crippen molar-refractivity contribution in [2.75, 3.05) is 16.8 Å². The number of carbonyl (C=O) groups excluding carboxylic acids is 1. The van der Waals surface area contributed by atoms with Crippen LogP contribution in [0.25, 0.3) is 0 Å². The van der Waals surface area contributed by atoms with Crippen LogP contribution in [0.5, 0.6) is 0 Å². The van der Waals surface area contributed by atoms with Gasteiger partial charge >= 0.3 is 12.1 Å². The fourth-order valence-corrected chi connectivity index (χ4v) is 2.54. The molecule has 0 aliphatic carbocycles. The summed E-state index contributed by atoms with van der Waals surface area (Å²) in [6.45, 7) is 7.91. The van der Waals surface area contributed by atoms with Gasteiger partial charge in [0, 0.05) is 12.2 Å². The maximum absolute atomic E-state index is 12.2. The molecular weight excluding hydrogens is 296 g/mol. The number of nitrogens with zero attached hydrogens (tertiary/aromatic N) is 1. The molecule has 6 nitrogen and oxygen atoms in total. The van der Waals surface area contributed by atoms with Gasteiger partial charge in [0.15, 0.2) is 0 Å². The van der Waals surface area contributed by atoms with Crippen LogP contribution < -0.4 is 10.2 Å². The van der Waals surface area contributed by atoms with Crippen LogP contribution in [0.2, 0.25) is 0 Å². The number of aliphatic carboxylic acids is 1. The van der Waals surface area contributed by atoms with E-state index in [9.17, 15) is 9.59 Å². The zero-order chi connectivity index (χ0) is 17.2. The van der Waals surface area contributed by atoms with Crippen LogP contribution in [-0.4, -0.2) is 35.4 Å². The Morgan fingerprint density at radius 1 is 1.39 bits per heavy atom. The van der Waals surface area contributed by atoms with Crippen LogP contribution in [0.3, 0.4) is 0 Å². The second-order valence-corrected chi connectivity index (χ2v) is 6.67. The lowest BCUT2D eigenvalue weighted by Crippen LogP contribution is -2.35. The summed E-state index contributed by atoms with van der Waals surface area (Å²) in [5.41, 5.74) is 2.07. The molecular formula is C17H24N2O4. The monoisotopic (exact) mass is 320 g/mol. The first kappa shape index (κ1) is 17.1. The molecule has 1 aliphatic heterocycles. The molecule has 0 spiro atoms. The van der Waals surface area contributed by atoms with Crippen molar-refractivity contribution in [1.82, 2.24) is 0 Å². The Morgan fingerprint density at radius 3 is 2.65 bits per heavy atom. The molecule has 2 rings (SSSR count). The van der Waals surface area contributed by atoms with E-state index >= 15 is 0 Å². The highest BCUT2D eigenvalue weighted by atomic mass is 16.6. The number of amides is 1. The van der Waals surface area contributed by atoms with E-state index in [1.165, 1.54) is 0 Å². The highest BCUT2D eigenvalue weighted by molar-refractivity contribution is 5.91. The second-order valence-electron chi connectivity index (χ2n) is 6.67. The van der Waals surface area contributed by atoms with Crippen LogP contribution in [0, 0.1) is 0 Å². The van der Waals surface area contributed by atoms with Crippen molar-refractivity contribution < 1.29 is 19.4 Å². The number of fused-ring (bicyclic) bond motifs is 1. The molecule has 23 heavy (non-hydrogen) atoms. The van der Waals surface area contributed by atoms with Crippen molar-refractivity contribution in [3.63, 3.8) is 0 Å². The number of anilines is 2. The van der Waals surface area contributed by atoms with E-state index in [1.807, 2.05) is 39.8 Å². The maximum atomic E-state index is 12.2. The van der Waals surface area contributed by atoms with Gasteiger partial charge in [-0.25, -0.2) is 9.59 Å². The lowest BCUT2D eigenvalue weighted by atomic mass is 10.1.